The summed E-state index contributed by atoms with van der Waals surface area (Å²) in [5, 5.41) is 2.78. The molecule has 2 aromatic rings. The molecule has 0 spiro atoms. The molecule has 1 aliphatic rings. The summed E-state index contributed by atoms with van der Waals surface area (Å²) >= 11 is 0. The third-order valence-corrected chi connectivity index (χ3v) is 3.74. The molecule has 1 amide bonds. The van der Waals surface area contributed by atoms with E-state index < -0.39 is 5.97 Å². The highest BCUT2D eigenvalue weighted by molar-refractivity contribution is 6.35. The Morgan fingerprint density at radius 2 is 2.00 bits per heavy atom. The first kappa shape index (κ1) is 15.8. The zero-order valence-corrected chi connectivity index (χ0v) is 13.5. The lowest BCUT2D eigenvalue weighted by atomic mass is 10.0. The van der Waals surface area contributed by atoms with Gasteiger partial charge in [-0.2, -0.15) is 0 Å². The number of para-hydroxylation sites is 1. The number of esters is 1. The van der Waals surface area contributed by atoms with Gasteiger partial charge in [0.2, 0.25) is 0 Å². The molecule has 0 aliphatic carbocycles. The van der Waals surface area contributed by atoms with Crippen molar-refractivity contribution < 1.29 is 19.1 Å². The Morgan fingerprint density at radius 1 is 1.21 bits per heavy atom. The zero-order chi connectivity index (χ0) is 17.1. The van der Waals surface area contributed by atoms with Crippen LogP contribution in [0.1, 0.15) is 28.4 Å². The summed E-state index contributed by atoms with van der Waals surface area (Å²) < 4.78 is 10.3. The maximum Gasteiger partial charge on any atom is 0.337 e. The lowest BCUT2D eigenvalue weighted by Gasteiger charge is -2.07. The molecule has 0 saturated heterocycles. The lowest BCUT2D eigenvalue weighted by Crippen LogP contribution is -2.04. The highest BCUT2D eigenvalue weighted by Gasteiger charge is 2.25. The van der Waals surface area contributed by atoms with Crippen LogP contribution in [-0.4, -0.2) is 25.6 Å². The average Bonchev–Trinajstić information content (AvgIpc) is 2.91. The normalized spacial score (nSPS) is 14.2. The number of hydrogen-bond acceptors (Lipinski definition) is 4. The van der Waals surface area contributed by atoms with E-state index in [2.05, 4.69) is 5.32 Å². The highest BCUT2D eigenvalue weighted by Crippen LogP contribution is 2.35. The predicted molar refractivity (Wildman–Crippen MR) is 91.9 cm³/mol. The Kier molecular flexibility index (Phi) is 4.33. The number of amides is 1. The lowest BCUT2D eigenvalue weighted by molar-refractivity contribution is -0.110. The van der Waals surface area contributed by atoms with Crippen LogP contribution in [0.15, 0.2) is 42.5 Å². The number of carbonyl (C=O) groups excluding carboxylic acids is 2. The molecular formula is C19H17NO4. The highest BCUT2D eigenvalue weighted by atomic mass is 16.5. The largest absolute Gasteiger partial charge is 0.493 e. The van der Waals surface area contributed by atoms with Crippen molar-refractivity contribution in [2.24, 2.45) is 0 Å². The van der Waals surface area contributed by atoms with Crippen molar-refractivity contribution in [2.75, 3.05) is 19.0 Å². The van der Waals surface area contributed by atoms with Crippen LogP contribution in [-0.2, 0) is 9.53 Å². The monoisotopic (exact) mass is 323 g/mol. The van der Waals surface area contributed by atoms with Crippen molar-refractivity contribution in [3.05, 3.63) is 59.2 Å². The number of nitrogens with one attached hydrogen (secondary N) is 1. The van der Waals surface area contributed by atoms with Gasteiger partial charge in [0.15, 0.2) is 0 Å². The number of methoxy groups -OCH3 is 1. The van der Waals surface area contributed by atoms with Gasteiger partial charge in [-0.05, 0) is 31.2 Å². The third-order valence-electron chi connectivity index (χ3n) is 3.74. The number of benzene rings is 2. The second kappa shape index (κ2) is 6.58. The van der Waals surface area contributed by atoms with E-state index in [1.165, 1.54) is 7.11 Å². The van der Waals surface area contributed by atoms with Crippen LogP contribution >= 0.6 is 0 Å². The molecule has 5 nitrogen and oxygen atoms in total. The van der Waals surface area contributed by atoms with Crippen molar-refractivity contribution >= 4 is 29.2 Å². The first-order valence-corrected chi connectivity index (χ1v) is 7.61. The van der Waals surface area contributed by atoms with Crippen LogP contribution in [0.4, 0.5) is 5.69 Å². The van der Waals surface area contributed by atoms with Crippen LogP contribution in [0.5, 0.6) is 5.75 Å². The summed E-state index contributed by atoms with van der Waals surface area (Å²) in [5.74, 6) is 0.0735. The fourth-order valence-electron chi connectivity index (χ4n) is 2.62. The standard InChI is InChI=1S/C19H17NO4/c1-3-24-17-7-5-4-6-12(17)10-15-14-9-8-13(19(22)23-2)11-16(14)20-18(15)21/h4-11H,3H2,1-2H3,(H,20,21). The van der Waals surface area contributed by atoms with E-state index in [0.717, 1.165) is 16.9 Å². The second-order valence-electron chi connectivity index (χ2n) is 5.23. The van der Waals surface area contributed by atoms with E-state index in [1.807, 2.05) is 31.2 Å². The molecule has 2 aromatic carbocycles. The molecular weight excluding hydrogens is 306 g/mol. The van der Waals surface area contributed by atoms with Gasteiger partial charge in [0.1, 0.15) is 5.75 Å². The third kappa shape index (κ3) is 2.88. The van der Waals surface area contributed by atoms with E-state index in [-0.39, 0.29) is 5.91 Å². The molecule has 0 unspecified atom stereocenters. The van der Waals surface area contributed by atoms with Gasteiger partial charge in [-0.15, -0.1) is 0 Å². The van der Waals surface area contributed by atoms with E-state index >= 15 is 0 Å². The number of anilines is 1. The number of carbonyl (C=O) groups is 2. The molecule has 122 valence electrons. The van der Waals surface area contributed by atoms with Crippen molar-refractivity contribution in [3.8, 4) is 5.75 Å². The predicted octanol–water partition coefficient (Wildman–Crippen LogP) is 3.36. The van der Waals surface area contributed by atoms with E-state index in [1.54, 1.807) is 24.3 Å². The van der Waals surface area contributed by atoms with Gasteiger partial charge >= 0.3 is 5.97 Å². The summed E-state index contributed by atoms with van der Waals surface area (Å²) in [6, 6.07) is 12.5. The zero-order valence-electron chi connectivity index (χ0n) is 13.5. The van der Waals surface area contributed by atoms with Gasteiger partial charge < -0.3 is 14.8 Å². The molecule has 24 heavy (non-hydrogen) atoms. The smallest absolute Gasteiger partial charge is 0.337 e. The topological polar surface area (TPSA) is 64.6 Å². The second-order valence-corrected chi connectivity index (χ2v) is 5.23. The summed E-state index contributed by atoms with van der Waals surface area (Å²) in [7, 11) is 1.32. The van der Waals surface area contributed by atoms with Crippen molar-refractivity contribution in [3.63, 3.8) is 0 Å². The number of fused-ring (bicyclic) bond motifs is 1. The minimum absolute atomic E-state index is 0.210. The van der Waals surface area contributed by atoms with Crippen molar-refractivity contribution in [1.29, 1.82) is 0 Å². The maximum atomic E-state index is 12.3. The van der Waals surface area contributed by atoms with Gasteiger partial charge in [0, 0.05) is 22.4 Å². The molecule has 0 atom stereocenters. The molecule has 1 heterocycles. The number of ether oxygens (including phenoxy) is 2. The Labute approximate surface area is 139 Å². The van der Waals surface area contributed by atoms with Crippen molar-refractivity contribution in [2.45, 2.75) is 6.92 Å². The molecule has 0 saturated carbocycles. The van der Waals surface area contributed by atoms with Crippen LogP contribution in [0.3, 0.4) is 0 Å². The summed E-state index contributed by atoms with van der Waals surface area (Å²) in [6.07, 6.45) is 1.80. The fraction of sp³-hybridized carbons (Fsp3) is 0.158. The van der Waals surface area contributed by atoms with E-state index in [4.69, 9.17) is 9.47 Å². The van der Waals surface area contributed by atoms with E-state index in [0.29, 0.717) is 23.4 Å². The SMILES string of the molecule is CCOc1ccccc1C=C1C(=O)Nc2cc(C(=O)OC)ccc21. The number of hydrogen-bond donors (Lipinski definition) is 1. The minimum Gasteiger partial charge on any atom is -0.493 e. The van der Waals surface area contributed by atoms with Gasteiger partial charge in [-0.25, -0.2) is 4.79 Å². The Hall–Kier alpha value is -3.08. The quantitative estimate of drug-likeness (QED) is 0.692. The molecule has 0 fully saturated rings. The molecule has 0 bridgehead atoms. The first-order valence-electron chi connectivity index (χ1n) is 7.61. The van der Waals surface area contributed by atoms with Crippen LogP contribution in [0.2, 0.25) is 0 Å². The van der Waals surface area contributed by atoms with Gasteiger partial charge in [0.25, 0.3) is 5.91 Å². The Balaban J connectivity index is 2.03. The van der Waals surface area contributed by atoms with Gasteiger partial charge in [0.05, 0.1) is 19.3 Å². The Morgan fingerprint density at radius 3 is 2.75 bits per heavy atom. The van der Waals surface area contributed by atoms with Crippen molar-refractivity contribution in [1.82, 2.24) is 0 Å². The molecule has 5 heteroatoms. The van der Waals surface area contributed by atoms with Crippen LogP contribution < -0.4 is 10.1 Å². The minimum atomic E-state index is -0.439. The van der Waals surface area contributed by atoms with Gasteiger partial charge in [-0.3, -0.25) is 4.79 Å². The van der Waals surface area contributed by atoms with E-state index in [9.17, 15) is 9.59 Å². The summed E-state index contributed by atoms with van der Waals surface area (Å²) in [5.41, 5.74) is 3.11. The van der Waals surface area contributed by atoms with Crippen LogP contribution in [0, 0.1) is 0 Å². The summed E-state index contributed by atoms with van der Waals surface area (Å²) in [6.45, 7) is 2.46. The fourth-order valence-corrected chi connectivity index (χ4v) is 2.62. The molecule has 0 aromatic heterocycles. The molecule has 1 N–H and O–H groups in total. The molecule has 3 rings (SSSR count). The maximum absolute atomic E-state index is 12.3. The van der Waals surface area contributed by atoms with Crippen LogP contribution in [0.25, 0.3) is 11.6 Å². The first-order chi connectivity index (χ1) is 11.6. The van der Waals surface area contributed by atoms with Gasteiger partial charge in [-0.1, -0.05) is 24.3 Å². The molecule has 0 radical (unpaired) electrons. The number of rotatable bonds is 4. The average molecular weight is 323 g/mol. The summed E-state index contributed by atoms with van der Waals surface area (Å²) in [4.78, 5) is 23.9. The molecule has 1 aliphatic heterocycles. The Bertz CT molecular complexity index is 839.